The molecule has 26 heavy (non-hydrogen) atoms. The molecule has 0 radical (unpaired) electrons. The number of aromatic nitrogens is 3. The van der Waals surface area contributed by atoms with Gasteiger partial charge in [-0.1, -0.05) is 19.0 Å². The van der Waals surface area contributed by atoms with Crippen LogP contribution in [-0.2, 0) is 6.54 Å². The van der Waals surface area contributed by atoms with E-state index in [1.165, 1.54) is 30.5 Å². The second-order valence-electron chi connectivity index (χ2n) is 5.98. The number of nitrogens with one attached hydrogen (secondary N) is 1. The number of rotatable bonds is 5. The van der Waals surface area contributed by atoms with Crippen molar-refractivity contribution in [3.63, 3.8) is 0 Å². The third-order valence-electron chi connectivity index (χ3n) is 3.57. The first-order chi connectivity index (χ1) is 12.4. The monoisotopic (exact) mass is 358 g/mol. The second kappa shape index (κ2) is 7.38. The van der Waals surface area contributed by atoms with Gasteiger partial charge < -0.3 is 9.84 Å². The second-order valence-corrected chi connectivity index (χ2v) is 5.98. The van der Waals surface area contributed by atoms with E-state index in [-0.39, 0.29) is 18.4 Å². The molecule has 1 N–H and O–H groups in total. The van der Waals surface area contributed by atoms with Gasteiger partial charge in [-0.2, -0.15) is 4.98 Å². The number of hydrogen-bond acceptors (Lipinski definition) is 5. The lowest BCUT2D eigenvalue weighted by molar-refractivity contribution is 0.0949. The molecule has 3 rings (SSSR count). The lowest BCUT2D eigenvalue weighted by Gasteiger charge is -2.05. The number of nitrogens with zero attached hydrogens (tertiary/aromatic N) is 3. The molecule has 3 aromatic rings. The van der Waals surface area contributed by atoms with Crippen LogP contribution >= 0.6 is 0 Å². The van der Waals surface area contributed by atoms with Crippen molar-refractivity contribution in [3.05, 3.63) is 65.4 Å². The van der Waals surface area contributed by atoms with Gasteiger partial charge in [0.05, 0.1) is 17.8 Å². The highest BCUT2D eigenvalue weighted by atomic mass is 19.1. The summed E-state index contributed by atoms with van der Waals surface area (Å²) in [7, 11) is 0. The summed E-state index contributed by atoms with van der Waals surface area (Å²) in [4.78, 5) is 20.4. The summed E-state index contributed by atoms with van der Waals surface area (Å²) in [5.41, 5.74) is 0.959. The molecule has 0 aliphatic carbocycles. The Bertz CT molecular complexity index is 903. The Balaban J connectivity index is 1.66. The van der Waals surface area contributed by atoms with Gasteiger partial charge in [0.2, 0.25) is 5.89 Å². The van der Waals surface area contributed by atoms with Gasteiger partial charge in [-0.25, -0.2) is 8.78 Å². The summed E-state index contributed by atoms with van der Waals surface area (Å²) >= 11 is 0. The molecule has 134 valence electrons. The summed E-state index contributed by atoms with van der Waals surface area (Å²) < 4.78 is 31.6. The molecule has 8 heteroatoms. The number of carbonyl (C=O) groups excluding carboxylic acids is 1. The SMILES string of the molecule is CC(C)c1nc(CNC(=O)c2ccc(-c3cc(F)cc(F)c3)nc2)no1. The first kappa shape index (κ1) is 17.7. The van der Waals surface area contributed by atoms with E-state index >= 15 is 0 Å². The van der Waals surface area contributed by atoms with E-state index < -0.39 is 11.6 Å². The summed E-state index contributed by atoms with van der Waals surface area (Å²) in [6.45, 7) is 3.97. The van der Waals surface area contributed by atoms with Crippen LogP contribution in [0.3, 0.4) is 0 Å². The molecule has 0 bridgehead atoms. The van der Waals surface area contributed by atoms with Crippen LogP contribution in [0.25, 0.3) is 11.3 Å². The van der Waals surface area contributed by atoms with E-state index in [4.69, 9.17) is 4.52 Å². The fraction of sp³-hybridized carbons (Fsp3) is 0.222. The molecule has 0 saturated carbocycles. The van der Waals surface area contributed by atoms with Crippen LogP contribution in [0.15, 0.2) is 41.1 Å². The lowest BCUT2D eigenvalue weighted by Crippen LogP contribution is -2.23. The Morgan fingerprint density at radius 1 is 1.19 bits per heavy atom. The number of halogens is 2. The topological polar surface area (TPSA) is 80.9 Å². The molecule has 0 saturated heterocycles. The first-order valence-corrected chi connectivity index (χ1v) is 7.95. The van der Waals surface area contributed by atoms with Crippen LogP contribution in [-0.4, -0.2) is 21.0 Å². The molecule has 0 atom stereocenters. The number of pyridine rings is 1. The number of hydrogen-bond donors (Lipinski definition) is 1. The predicted octanol–water partition coefficient (Wildman–Crippen LogP) is 3.46. The van der Waals surface area contributed by atoms with E-state index in [0.717, 1.165) is 6.07 Å². The molecule has 6 nitrogen and oxygen atoms in total. The largest absolute Gasteiger partial charge is 0.345 e. The van der Waals surface area contributed by atoms with Gasteiger partial charge in [0.15, 0.2) is 5.82 Å². The summed E-state index contributed by atoms with van der Waals surface area (Å²) in [6.07, 6.45) is 1.34. The molecule has 1 amide bonds. The van der Waals surface area contributed by atoms with E-state index in [2.05, 4.69) is 20.4 Å². The predicted molar refractivity (Wildman–Crippen MR) is 89.1 cm³/mol. The van der Waals surface area contributed by atoms with Gasteiger partial charge in [0.1, 0.15) is 11.6 Å². The summed E-state index contributed by atoms with van der Waals surface area (Å²) in [6, 6.07) is 6.18. The minimum absolute atomic E-state index is 0.108. The van der Waals surface area contributed by atoms with Crippen molar-refractivity contribution in [1.82, 2.24) is 20.4 Å². The minimum atomic E-state index is -0.690. The van der Waals surface area contributed by atoms with E-state index in [0.29, 0.717) is 28.5 Å². The van der Waals surface area contributed by atoms with Crippen molar-refractivity contribution in [2.45, 2.75) is 26.3 Å². The van der Waals surface area contributed by atoms with E-state index in [9.17, 15) is 13.6 Å². The molecule has 0 aliphatic rings. The fourth-order valence-corrected chi connectivity index (χ4v) is 2.24. The zero-order valence-corrected chi connectivity index (χ0v) is 14.2. The van der Waals surface area contributed by atoms with Crippen LogP contribution < -0.4 is 5.32 Å². The summed E-state index contributed by atoms with van der Waals surface area (Å²) in [5.74, 6) is -0.764. The van der Waals surface area contributed by atoms with Crippen molar-refractivity contribution >= 4 is 5.91 Å². The normalized spacial score (nSPS) is 11.0. The third-order valence-corrected chi connectivity index (χ3v) is 3.57. The molecule has 0 unspecified atom stereocenters. The smallest absolute Gasteiger partial charge is 0.253 e. The maximum Gasteiger partial charge on any atom is 0.253 e. The maximum absolute atomic E-state index is 13.3. The lowest BCUT2D eigenvalue weighted by atomic mass is 10.1. The molecular formula is C18H16F2N4O2. The summed E-state index contributed by atoms with van der Waals surface area (Å²) in [5, 5.41) is 6.45. The number of amides is 1. The average molecular weight is 358 g/mol. The number of carbonyl (C=O) groups is 1. The van der Waals surface area contributed by atoms with Crippen molar-refractivity contribution in [3.8, 4) is 11.3 Å². The molecule has 2 heterocycles. The zero-order valence-electron chi connectivity index (χ0n) is 14.2. The van der Waals surface area contributed by atoms with Crippen molar-refractivity contribution < 1.29 is 18.1 Å². The van der Waals surface area contributed by atoms with Crippen LogP contribution in [0.4, 0.5) is 8.78 Å². The van der Waals surface area contributed by atoms with Gasteiger partial charge >= 0.3 is 0 Å². The van der Waals surface area contributed by atoms with Crippen LogP contribution in [0.5, 0.6) is 0 Å². The van der Waals surface area contributed by atoms with Gasteiger partial charge in [0, 0.05) is 23.7 Å². The van der Waals surface area contributed by atoms with Crippen LogP contribution in [0, 0.1) is 11.6 Å². The Labute approximate surface area is 148 Å². The number of benzene rings is 1. The average Bonchev–Trinajstić information content (AvgIpc) is 3.08. The third kappa shape index (κ3) is 4.08. The van der Waals surface area contributed by atoms with Crippen molar-refractivity contribution in [2.75, 3.05) is 0 Å². The highest BCUT2D eigenvalue weighted by Gasteiger charge is 2.12. The van der Waals surface area contributed by atoms with E-state index in [1.807, 2.05) is 13.8 Å². The van der Waals surface area contributed by atoms with Crippen LogP contribution in [0.1, 0.15) is 41.8 Å². The van der Waals surface area contributed by atoms with Crippen molar-refractivity contribution in [2.24, 2.45) is 0 Å². The van der Waals surface area contributed by atoms with Crippen molar-refractivity contribution in [1.29, 1.82) is 0 Å². The van der Waals surface area contributed by atoms with Gasteiger partial charge in [-0.05, 0) is 24.3 Å². The maximum atomic E-state index is 13.3. The Kier molecular flexibility index (Phi) is 5.01. The standard InChI is InChI=1S/C18H16F2N4O2/c1-10(2)18-23-16(24-26-18)9-22-17(25)11-3-4-15(21-8-11)12-5-13(19)7-14(20)6-12/h3-8,10H,9H2,1-2H3,(H,22,25). The fourth-order valence-electron chi connectivity index (χ4n) is 2.24. The highest BCUT2D eigenvalue weighted by Crippen LogP contribution is 2.20. The zero-order chi connectivity index (χ0) is 18.7. The first-order valence-electron chi connectivity index (χ1n) is 7.95. The molecular weight excluding hydrogens is 342 g/mol. The Hall–Kier alpha value is -3.16. The molecule has 0 aliphatic heterocycles. The quantitative estimate of drug-likeness (QED) is 0.755. The van der Waals surface area contributed by atoms with Gasteiger partial charge in [0.25, 0.3) is 5.91 Å². The highest BCUT2D eigenvalue weighted by molar-refractivity contribution is 5.94. The molecule has 0 fully saturated rings. The van der Waals surface area contributed by atoms with Crippen LogP contribution in [0.2, 0.25) is 0 Å². The van der Waals surface area contributed by atoms with Gasteiger partial charge in [-0.15, -0.1) is 0 Å². The molecule has 2 aromatic heterocycles. The Morgan fingerprint density at radius 3 is 2.50 bits per heavy atom. The van der Waals surface area contributed by atoms with E-state index in [1.54, 1.807) is 0 Å². The Morgan fingerprint density at radius 2 is 1.92 bits per heavy atom. The molecule has 1 aromatic carbocycles. The molecule has 0 spiro atoms. The van der Waals surface area contributed by atoms with Gasteiger partial charge in [-0.3, -0.25) is 9.78 Å². The minimum Gasteiger partial charge on any atom is -0.345 e.